The van der Waals surface area contributed by atoms with Crippen LogP contribution in [0.2, 0.25) is 0 Å². The molecule has 0 fully saturated rings. The van der Waals surface area contributed by atoms with Gasteiger partial charge in [-0.2, -0.15) is 0 Å². The van der Waals surface area contributed by atoms with Gasteiger partial charge in [0.25, 0.3) is 0 Å². The summed E-state index contributed by atoms with van der Waals surface area (Å²) in [4.78, 5) is 16.2. The molecule has 4 heteroatoms. The van der Waals surface area contributed by atoms with E-state index in [0.717, 1.165) is 16.6 Å². The molecule has 0 saturated heterocycles. The molecule has 0 unspecified atom stereocenters. The molecule has 1 aromatic heterocycles. The highest BCUT2D eigenvalue weighted by molar-refractivity contribution is 5.77. The standard InChI is InChI=1S/C19H17N3O/c23-19(20-13-6-9-16-7-2-1-3-8-16)12-14-22-15-21-17-10-4-5-11-18(17)22/h1-5,7-8,10-11,15H,12-14H2,(H,20,23). The highest BCUT2D eigenvalue weighted by atomic mass is 16.1. The van der Waals surface area contributed by atoms with Crippen LogP contribution < -0.4 is 5.32 Å². The van der Waals surface area contributed by atoms with Gasteiger partial charge in [-0.25, -0.2) is 4.98 Å². The van der Waals surface area contributed by atoms with Crippen molar-refractivity contribution in [2.24, 2.45) is 0 Å². The number of nitrogens with one attached hydrogen (secondary N) is 1. The average molecular weight is 303 g/mol. The Labute approximate surface area is 135 Å². The minimum Gasteiger partial charge on any atom is -0.345 e. The Morgan fingerprint density at radius 3 is 2.74 bits per heavy atom. The first-order valence-electron chi connectivity index (χ1n) is 7.53. The molecule has 0 bridgehead atoms. The lowest BCUT2D eigenvalue weighted by Gasteiger charge is -2.04. The number of amides is 1. The lowest BCUT2D eigenvalue weighted by Crippen LogP contribution is -2.24. The lowest BCUT2D eigenvalue weighted by atomic mass is 10.2. The van der Waals surface area contributed by atoms with Gasteiger partial charge in [0.1, 0.15) is 0 Å². The number of nitrogens with zero attached hydrogens (tertiary/aromatic N) is 2. The number of aromatic nitrogens is 2. The molecule has 0 aliphatic carbocycles. The number of benzene rings is 2. The fraction of sp³-hybridized carbons (Fsp3) is 0.158. The van der Waals surface area contributed by atoms with Crippen LogP contribution in [0.25, 0.3) is 11.0 Å². The molecular formula is C19H17N3O. The Bertz CT molecular complexity index is 856. The molecule has 0 radical (unpaired) electrons. The monoisotopic (exact) mass is 303 g/mol. The fourth-order valence-electron chi connectivity index (χ4n) is 2.31. The third-order valence-corrected chi connectivity index (χ3v) is 3.49. The summed E-state index contributed by atoms with van der Waals surface area (Å²) in [7, 11) is 0. The molecule has 0 aliphatic rings. The Hall–Kier alpha value is -3.06. The average Bonchev–Trinajstić information content (AvgIpc) is 3.01. The van der Waals surface area contributed by atoms with Crippen LogP contribution >= 0.6 is 0 Å². The second-order valence-corrected chi connectivity index (χ2v) is 5.12. The third-order valence-electron chi connectivity index (χ3n) is 3.49. The summed E-state index contributed by atoms with van der Waals surface area (Å²) in [6, 6.07) is 17.6. The Kier molecular flexibility index (Phi) is 4.70. The Morgan fingerprint density at radius 1 is 1.09 bits per heavy atom. The Balaban J connectivity index is 1.48. The molecule has 3 aromatic rings. The number of hydrogen-bond donors (Lipinski definition) is 1. The van der Waals surface area contributed by atoms with Gasteiger partial charge in [-0.1, -0.05) is 42.2 Å². The van der Waals surface area contributed by atoms with Crippen molar-refractivity contribution in [2.45, 2.75) is 13.0 Å². The zero-order valence-electron chi connectivity index (χ0n) is 12.7. The smallest absolute Gasteiger partial charge is 0.222 e. The van der Waals surface area contributed by atoms with Gasteiger partial charge in [0.2, 0.25) is 5.91 Å². The maximum atomic E-state index is 11.9. The molecule has 0 saturated carbocycles. The first-order chi connectivity index (χ1) is 11.3. The second-order valence-electron chi connectivity index (χ2n) is 5.12. The number of carbonyl (C=O) groups excluding carboxylic acids is 1. The molecule has 114 valence electrons. The molecule has 3 rings (SSSR count). The quantitative estimate of drug-likeness (QED) is 0.753. The summed E-state index contributed by atoms with van der Waals surface area (Å²) in [5.41, 5.74) is 2.94. The maximum Gasteiger partial charge on any atom is 0.222 e. The molecule has 1 N–H and O–H groups in total. The van der Waals surface area contributed by atoms with Crippen molar-refractivity contribution in [3.8, 4) is 11.8 Å². The van der Waals surface area contributed by atoms with Gasteiger partial charge in [0, 0.05) is 18.5 Å². The topological polar surface area (TPSA) is 46.9 Å². The highest BCUT2D eigenvalue weighted by Crippen LogP contribution is 2.11. The summed E-state index contributed by atoms with van der Waals surface area (Å²) < 4.78 is 1.99. The fourth-order valence-corrected chi connectivity index (χ4v) is 2.31. The third kappa shape index (κ3) is 3.98. The van der Waals surface area contributed by atoms with Gasteiger partial charge in [-0.15, -0.1) is 0 Å². The van der Waals surface area contributed by atoms with E-state index in [-0.39, 0.29) is 5.91 Å². The lowest BCUT2D eigenvalue weighted by molar-refractivity contribution is -0.121. The normalized spacial score (nSPS) is 10.1. The van der Waals surface area contributed by atoms with Crippen LogP contribution in [0.1, 0.15) is 12.0 Å². The molecule has 23 heavy (non-hydrogen) atoms. The molecule has 0 atom stereocenters. The van der Waals surface area contributed by atoms with Crippen molar-refractivity contribution in [3.05, 3.63) is 66.5 Å². The molecular weight excluding hydrogens is 286 g/mol. The molecule has 1 heterocycles. The van der Waals surface area contributed by atoms with Crippen molar-refractivity contribution in [3.63, 3.8) is 0 Å². The van der Waals surface area contributed by atoms with Gasteiger partial charge >= 0.3 is 0 Å². The number of imidazole rings is 1. The number of carbonyl (C=O) groups is 1. The SMILES string of the molecule is O=C(CCn1cnc2ccccc21)NCC#Cc1ccccc1. The van der Waals surface area contributed by atoms with Crippen LogP contribution in [0.4, 0.5) is 0 Å². The summed E-state index contributed by atoms with van der Waals surface area (Å²) in [6.07, 6.45) is 2.18. The van der Waals surface area contributed by atoms with Crippen LogP contribution in [-0.2, 0) is 11.3 Å². The van der Waals surface area contributed by atoms with E-state index in [1.54, 1.807) is 6.33 Å². The second kappa shape index (κ2) is 7.28. The highest BCUT2D eigenvalue weighted by Gasteiger charge is 2.04. The predicted octanol–water partition coefficient (Wildman–Crippen LogP) is 2.59. The molecule has 2 aromatic carbocycles. The molecule has 1 amide bonds. The van der Waals surface area contributed by atoms with Gasteiger partial charge in [0.05, 0.1) is 23.9 Å². The first kappa shape index (κ1) is 14.9. The van der Waals surface area contributed by atoms with Crippen molar-refractivity contribution < 1.29 is 4.79 Å². The first-order valence-corrected chi connectivity index (χ1v) is 7.53. The summed E-state index contributed by atoms with van der Waals surface area (Å²) in [5, 5.41) is 2.82. The minimum atomic E-state index is -0.00913. The number of hydrogen-bond acceptors (Lipinski definition) is 2. The number of rotatable bonds is 4. The van der Waals surface area contributed by atoms with Gasteiger partial charge < -0.3 is 9.88 Å². The van der Waals surface area contributed by atoms with Crippen LogP contribution in [0, 0.1) is 11.8 Å². The number of fused-ring (bicyclic) bond motifs is 1. The number of para-hydroxylation sites is 2. The maximum absolute atomic E-state index is 11.9. The Morgan fingerprint density at radius 2 is 1.87 bits per heavy atom. The van der Waals surface area contributed by atoms with Crippen LogP contribution in [0.5, 0.6) is 0 Å². The van der Waals surface area contributed by atoms with Crippen molar-refractivity contribution in [2.75, 3.05) is 6.54 Å². The van der Waals surface area contributed by atoms with Crippen molar-refractivity contribution >= 4 is 16.9 Å². The summed E-state index contributed by atoms with van der Waals surface area (Å²) in [5.74, 6) is 5.96. The summed E-state index contributed by atoms with van der Waals surface area (Å²) >= 11 is 0. The molecule has 4 nitrogen and oxygen atoms in total. The predicted molar refractivity (Wildman–Crippen MR) is 90.7 cm³/mol. The van der Waals surface area contributed by atoms with E-state index in [9.17, 15) is 4.79 Å². The summed E-state index contributed by atoms with van der Waals surface area (Å²) in [6.45, 7) is 0.969. The van der Waals surface area contributed by atoms with E-state index >= 15 is 0 Å². The van der Waals surface area contributed by atoms with Crippen LogP contribution in [0.15, 0.2) is 60.9 Å². The van der Waals surface area contributed by atoms with Gasteiger partial charge in [0.15, 0.2) is 0 Å². The van der Waals surface area contributed by atoms with Crippen LogP contribution in [-0.4, -0.2) is 22.0 Å². The van der Waals surface area contributed by atoms with E-state index < -0.39 is 0 Å². The van der Waals surface area contributed by atoms with E-state index in [2.05, 4.69) is 22.1 Å². The zero-order chi connectivity index (χ0) is 15.9. The largest absolute Gasteiger partial charge is 0.345 e. The van der Waals surface area contributed by atoms with Crippen LogP contribution in [0.3, 0.4) is 0 Å². The molecule has 0 spiro atoms. The van der Waals surface area contributed by atoms with Crippen molar-refractivity contribution in [1.82, 2.24) is 14.9 Å². The van der Waals surface area contributed by atoms with E-state index in [1.807, 2.05) is 59.2 Å². The molecule has 0 aliphatic heterocycles. The van der Waals surface area contributed by atoms with Gasteiger partial charge in [-0.3, -0.25) is 4.79 Å². The minimum absolute atomic E-state index is 0.00913. The number of aryl methyl sites for hydroxylation is 1. The van der Waals surface area contributed by atoms with E-state index in [4.69, 9.17) is 0 Å². The zero-order valence-corrected chi connectivity index (χ0v) is 12.7. The van der Waals surface area contributed by atoms with E-state index in [0.29, 0.717) is 19.5 Å². The van der Waals surface area contributed by atoms with Crippen molar-refractivity contribution in [1.29, 1.82) is 0 Å². The van der Waals surface area contributed by atoms with E-state index in [1.165, 1.54) is 0 Å². The van der Waals surface area contributed by atoms with Gasteiger partial charge in [-0.05, 0) is 24.3 Å².